The first-order valence-electron chi connectivity index (χ1n) is 8.07. The molecule has 3 rings (SSSR count). The molecule has 0 heterocycles. The van der Waals surface area contributed by atoms with Gasteiger partial charge in [0.1, 0.15) is 0 Å². The van der Waals surface area contributed by atoms with Gasteiger partial charge in [0.2, 0.25) is 0 Å². The second kappa shape index (κ2) is 7.15. The summed E-state index contributed by atoms with van der Waals surface area (Å²) in [7, 11) is 0. The van der Waals surface area contributed by atoms with E-state index in [9.17, 15) is 0 Å². The van der Waals surface area contributed by atoms with Crippen LogP contribution in [0.3, 0.4) is 0 Å². The van der Waals surface area contributed by atoms with Crippen molar-refractivity contribution < 1.29 is 0 Å². The minimum Gasteiger partial charge on any atom is -0.118 e. The van der Waals surface area contributed by atoms with E-state index >= 15 is 0 Å². The number of fused-ring (bicyclic) bond motifs is 1. The predicted octanol–water partition coefficient (Wildman–Crippen LogP) is 7.24. The van der Waals surface area contributed by atoms with Crippen LogP contribution in [0.25, 0.3) is 10.8 Å². The van der Waals surface area contributed by atoms with E-state index in [0.717, 1.165) is 16.8 Å². The van der Waals surface area contributed by atoms with E-state index in [0.29, 0.717) is 0 Å². The lowest BCUT2D eigenvalue weighted by Crippen LogP contribution is -2.07. The van der Waals surface area contributed by atoms with E-state index < -0.39 is 0 Å². The van der Waals surface area contributed by atoms with Crippen molar-refractivity contribution in [1.29, 1.82) is 0 Å². The molecule has 1 aliphatic carbocycles. The average Bonchev–Trinajstić information content (AvgIpc) is 2.54. The standard InChI is InChI=1S/C19H22BrCl/c20-18-12-11-17(15-8-4-5-9-16(15)18)19(21)13-10-14-6-2-1-3-7-14/h4-5,8-9,11-12,14,19H,1-3,6-7,10,13H2. The lowest BCUT2D eigenvalue weighted by molar-refractivity contribution is 0.331. The Balaban J connectivity index is 1.75. The van der Waals surface area contributed by atoms with Gasteiger partial charge >= 0.3 is 0 Å². The Kier molecular flexibility index (Phi) is 5.24. The Morgan fingerprint density at radius 2 is 1.71 bits per heavy atom. The Bertz CT molecular complexity index is 602. The SMILES string of the molecule is ClC(CCC1CCCCC1)c1ccc(Br)c2ccccc12. The van der Waals surface area contributed by atoms with Crippen LogP contribution in [-0.2, 0) is 0 Å². The van der Waals surface area contributed by atoms with E-state index in [1.807, 2.05) is 0 Å². The molecule has 0 spiro atoms. The zero-order valence-corrected chi connectivity index (χ0v) is 14.7. The number of alkyl halides is 1. The molecule has 1 aliphatic rings. The van der Waals surface area contributed by atoms with E-state index in [2.05, 4.69) is 52.3 Å². The van der Waals surface area contributed by atoms with Gasteiger partial charge in [-0.25, -0.2) is 0 Å². The summed E-state index contributed by atoms with van der Waals surface area (Å²) in [6.07, 6.45) is 9.45. The molecule has 0 nitrogen and oxygen atoms in total. The molecule has 0 amide bonds. The maximum Gasteiger partial charge on any atom is 0.0591 e. The normalized spacial score (nSPS) is 18.0. The molecule has 1 fully saturated rings. The summed E-state index contributed by atoms with van der Waals surface area (Å²) in [6, 6.07) is 12.9. The maximum absolute atomic E-state index is 6.74. The van der Waals surface area contributed by atoms with Crippen molar-refractivity contribution in [2.75, 3.05) is 0 Å². The van der Waals surface area contributed by atoms with Crippen LogP contribution < -0.4 is 0 Å². The Labute approximate surface area is 141 Å². The van der Waals surface area contributed by atoms with E-state index in [4.69, 9.17) is 11.6 Å². The molecule has 0 aromatic heterocycles. The van der Waals surface area contributed by atoms with E-state index in [-0.39, 0.29) is 5.38 Å². The van der Waals surface area contributed by atoms with Gasteiger partial charge in [0.25, 0.3) is 0 Å². The minimum absolute atomic E-state index is 0.130. The van der Waals surface area contributed by atoms with Gasteiger partial charge in [-0.05, 0) is 41.2 Å². The molecular formula is C19H22BrCl. The van der Waals surface area contributed by atoms with Crippen molar-refractivity contribution in [2.24, 2.45) is 5.92 Å². The molecule has 0 aliphatic heterocycles. The van der Waals surface area contributed by atoms with Crippen LogP contribution in [0.1, 0.15) is 55.9 Å². The van der Waals surface area contributed by atoms with Crippen molar-refractivity contribution in [1.82, 2.24) is 0 Å². The molecule has 2 aromatic carbocycles. The summed E-state index contributed by atoms with van der Waals surface area (Å²) in [5.74, 6) is 0.904. The van der Waals surface area contributed by atoms with Crippen molar-refractivity contribution in [3.63, 3.8) is 0 Å². The first kappa shape index (κ1) is 15.4. The van der Waals surface area contributed by atoms with E-state index in [1.54, 1.807) is 0 Å². The molecule has 0 saturated heterocycles. The molecule has 0 radical (unpaired) electrons. The number of hydrogen-bond donors (Lipinski definition) is 0. The Morgan fingerprint density at radius 1 is 1.00 bits per heavy atom. The Morgan fingerprint density at radius 3 is 2.48 bits per heavy atom. The van der Waals surface area contributed by atoms with Crippen LogP contribution in [0.5, 0.6) is 0 Å². The quantitative estimate of drug-likeness (QED) is 0.501. The lowest BCUT2D eigenvalue weighted by atomic mass is 9.85. The van der Waals surface area contributed by atoms with Crippen LogP contribution in [0.2, 0.25) is 0 Å². The van der Waals surface area contributed by atoms with Crippen molar-refractivity contribution in [3.8, 4) is 0 Å². The Hall–Kier alpha value is -0.530. The fraction of sp³-hybridized carbons (Fsp3) is 0.474. The highest BCUT2D eigenvalue weighted by Gasteiger charge is 2.17. The van der Waals surface area contributed by atoms with Crippen molar-refractivity contribution in [2.45, 2.75) is 50.3 Å². The first-order valence-corrected chi connectivity index (χ1v) is 9.30. The molecule has 0 bridgehead atoms. The highest BCUT2D eigenvalue weighted by molar-refractivity contribution is 9.10. The highest BCUT2D eigenvalue weighted by Crippen LogP contribution is 2.37. The van der Waals surface area contributed by atoms with Crippen LogP contribution in [0.4, 0.5) is 0 Å². The number of benzene rings is 2. The highest BCUT2D eigenvalue weighted by atomic mass is 79.9. The molecule has 112 valence electrons. The number of hydrogen-bond acceptors (Lipinski definition) is 0. The zero-order chi connectivity index (χ0) is 14.7. The summed E-state index contributed by atoms with van der Waals surface area (Å²) in [5, 5.41) is 2.68. The zero-order valence-electron chi connectivity index (χ0n) is 12.3. The third-order valence-corrected chi connectivity index (χ3v) is 5.94. The summed E-state index contributed by atoms with van der Waals surface area (Å²) >= 11 is 10.4. The molecule has 2 aromatic rings. The molecule has 2 heteroatoms. The van der Waals surface area contributed by atoms with Gasteiger partial charge in [-0.15, -0.1) is 11.6 Å². The second-order valence-electron chi connectivity index (χ2n) is 6.23. The average molecular weight is 366 g/mol. The van der Waals surface area contributed by atoms with Crippen molar-refractivity contribution >= 4 is 38.3 Å². The van der Waals surface area contributed by atoms with Gasteiger partial charge < -0.3 is 0 Å². The smallest absolute Gasteiger partial charge is 0.0591 e. The second-order valence-corrected chi connectivity index (χ2v) is 7.61. The largest absolute Gasteiger partial charge is 0.118 e. The third kappa shape index (κ3) is 3.63. The van der Waals surface area contributed by atoms with Gasteiger partial charge in [0.05, 0.1) is 5.38 Å². The topological polar surface area (TPSA) is 0 Å². The lowest BCUT2D eigenvalue weighted by Gasteiger charge is -2.23. The monoisotopic (exact) mass is 364 g/mol. The molecular weight excluding hydrogens is 344 g/mol. The van der Waals surface area contributed by atoms with Crippen LogP contribution in [0.15, 0.2) is 40.9 Å². The predicted molar refractivity (Wildman–Crippen MR) is 96.1 cm³/mol. The van der Waals surface area contributed by atoms with Gasteiger partial charge in [-0.3, -0.25) is 0 Å². The van der Waals surface area contributed by atoms with Gasteiger partial charge in [0.15, 0.2) is 0 Å². The van der Waals surface area contributed by atoms with Crippen molar-refractivity contribution in [3.05, 3.63) is 46.4 Å². The maximum atomic E-state index is 6.74. The number of rotatable bonds is 4. The molecule has 1 unspecified atom stereocenters. The fourth-order valence-electron chi connectivity index (χ4n) is 3.57. The summed E-state index contributed by atoms with van der Waals surface area (Å²) in [4.78, 5) is 0. The first-order chi connectivity index (χ1) is 10.3. The molecule has 0 N–H and O–H groups in total. The van der Waals surface area contributed by atoms with Gasteiger partial charge in [-0.2, -0.15) is 0 Å². The molecule has 1 atom stereocenters. The fourth-order valence-corrected chi connectivity index (χ4v) is 4.37. The summed E-state index contributed by atoms with van der Waals surface area (Å²) in [5.41, 5.74) is 1.28. The van der Waals surface area contributed by atoms with Crippen LogP contribution in [0, 0.1) is 5.92 Å². The van der Waals surface area contributed by atoms with Gasteiger partial charge in [-0.1, -0.05) is 78.4 Å². The van der Waals surface area contributed by atoms with Crippen LogP contribution in [-0.4, -0.2) is 0 Å². The van der Waals surface area contributed by atoms with Crippen LogP contribution >= 0.6 is 27.5 Å². The number of halogens is 2. The third-order valence-electron chi connectivity index (χ3n) is 4.80. The minimum atomic E-state index is 0.130. The van der Waals surface area contributed by atoms with E-state index in [1.165, 1.54) is 54.9 Å². The summed E-state index contributed by atoms with van der Waals surface area (Å²) < 4.78 is 1.15. The molecule has 1 saturated carbocycles. The molecule has 21 heavy (non-hydrogen) atoms. The summed E-state index contributed by atoms with van der Waals surface area (Å²) in [6.45, 7) is 0. The van der Waals surface area contributed by atoms with Gasteiger partial charge in [0, 0.05) is 4.47 Å².